The van der Waals surface area contributed by atoms with Crippen LogP contribution in [0.15, 0.2) is 24.3 Å². The molecule has 6 nitrogen and oxygen atoms in total. The lowest BCUT2D eigenvalue weighted by Gasteiger charge is -2.18. The van der Waals surface area contributed by atoms with Gasteiger partial charge in [-0.2, -0.15) is 0 Å². The van der Waals surface area contributed by atoms with E-state index in [1.165, 1.54) is 154 Å². The third-order valence-electron chi connectivity index (χ3n) is 10.9. The molecular formula is C51H94O6. The van der Waals surface area contributed by atoms with Gasteiger partial charge in [-0.15, -0.1) is 0 Å². The third-order valence-corrected chi connectivity index (χ3v) is 10.9. The van der Waals surface area contributed by atoms with Crippen LogP contribution in [0.4, 0.5) is 0 Å². The predicted molar refractivity (Wildman–Crippen MR) is 243 cm³/mol. The SMILES string of the molecule is CCCCC/C=C\CCCCCCCC(=O)OCC(COC(=O)CCCCCCCCCCCCCCCCC)OC(=O)CCCCCCC/C=C\CCCCC. The molecule has 0 aromatic heterocycles. The first-order valence-corrected chi connectivity index (χ1v) is 24.8. The van der Waals surface area contributed by atoms with Crippen molar-refractivity contribution in [2.24, 2.45) is 0 Å². The summed E-state index contributed by atoms with van der Waals surface area (Å²) in [7, 11) is 0. The maximum atomic E-state index is 12.7. The molecule has 0 saturated heterocycles. The molecule has 0 rings (SSSR count). The van der Waals surface area contributed by atoms with E-state index in [1.54, 1.807) is 0 Å². The van der Waals surface area contributed by atoms with Gasteiger partial charge in [0.1, 0.15) is 13.2 Å². The number of carbonyl (C=O) groups is 3. The van der Waals surface area contributed by atoms with E-state index in [0.29, 0.717) is 19.3 Å². The van der Waals surface area contributed by atoms with E-state index in [9.17, 15) is 14.4 Å². The molecule has 0 bridgehead atoms. The maximum Gasteiger partial charge on any atom is 0.306 e. The number of ether oxygens (including phenoxy) is 3. The van der Waals surface area contributed by atoms with Crippen LogP contribution in [0, 0.1) is 0 Å². The second-order valence-electron chi connectivity index (χ2n) is 16.7. The van der Waals surface area contributed by atoms with Crippen LogP contribution in [0.1, 0.15) is 265 Å². The van der Waals surface area contributed by atoms with Crippen molar-refractivity contribution in [3.63, 3.8) is 0 Å². The van der Waals surface area contributed by atoms with Gasteiger partial charge in [0.2, 0.25) is 0 Å². The zero-order valence-corrected chi connectivity index (χ0v) is 38.1. The predicted octanol–water partition coefficient (Wildman–Crippen LogP) is 16.0. The van der Waals surface area contributed by atoms with Gasteiger partial charge < -0.3 is 14.2 Å². The Kier molecular flexibility index (Phi) is 44.9. The second kappa shape index (κ2) is 46.6. The van der Waals surface area contributed by atoms with Crippen LogP contribution in [0.3, 0.4) is 0 Å². The molecule has 57 heavy (non-hydrogen) atoms. The summed E-state index contributed by atoms with van der Waals surface area (Å²) in [6, 6.07) is 0. The van der Waals surface area contributed by atoms with E-state index in [2.05, 4.69) is 45.1 Å². The molecule has 0 aliphatic heterocycles. The highest BCUT2D eigenvalue weighted by Crippen LogP contribution is 2.15. The summed E-state index contributed by atoms with van der Waals surface area (Å²) in [5, 5.41) is 0. The van der Waals surface area contributed by atoms with Gasteiger partial charge in [-0.05, 0) is 70.6 Å². The Bertz CT molecular complexity index is 927. The van der Waals surface area contributed by atoms with Crippen LogP contribution < -0.4 is 0 Å². The fourth-order valence-corrected chi connectivity index (χ4v) is 7.14. The summed E-state index contributed by atoms with van der Waals surface area (Å²) in [6.45, 7) is 6.59. The summed E-state index contributed by atoms with van der Waals surface area (Å²) < 4.78 is 16.7. The number of carbonyl (C=O) groups excluding carboxylic acids is 3. The molecule has 0 aliphatic carbocycles. The zero-order chi connectivity index (χ0) is 41.5. The first-order chi connectivity index (χ1) is 28.0. The molecule has 6 heteroatoms. The van der Waals surface area contributed by atoms with E-state index >= 15 is 0 Å². The summed E-state index contributed by atoms with van der Waals surface area (Å²) in [4.78, 5) is 37.8. The van der Waals surface area contributed by atoms with Crippen molar-refractivity contribution in [2.75, 3.05) is 13.2 Å². The van der Waals surface area contributed by atoms with E-state index in [4.69, 9.17) is 14.2 Å². The average Bonchev–Trinajstić information content (AvgIpc) is 3.21. The number of allylic oxidation sites excluding steroid dienone is 4. The zero-order valence-electron chi connectivity index (χ0n) is 38.1. The van der Waals surface area contributed by atoms with Crippen molar-refractivity contribution in [1.29, 1.82) is 0 Å². The standard InChI is InChI=1S/C51H94O6/c1-4-7-10-13-16-19-22-25-26-27-30-32-35-38-41-44-50(53)56-47-48(57-51(54)45-42-39-36-33-29-24-21-18-15-12-9-6-3)46-55-49(52)43-40-37-34-31-28-23-20-17-14-11-8-5-2/h17-18,20-21,48H,4-16,19,22-47H2,1-3H3/b20-17-,21-18-. The van der Waals surface area contributed by atoms with Gasteiger partial charge in [0.25, 0.3) is 0 Å². The molecule has 0 heterocycles. The highest BCUT2D eigenvalue weighted by Gasteiger charge is 2.19. The lowest BCUT2D eigenvalue weighted by Crippen LogP contribution is -2.30. The first-order valence-electron chi connectivity index (χ1n) is 24.8. The Morgan fingerprint density at radius 3 is 0.912 bits per heavy atom. The largest absolute Gasteiger partial charge is 0.462 e. The quantitative estimate of drug-likeness (QED) is 0.0264. The van der Waals surface area contributed by atoms with Crippen molar-refractivity contribution in [1.82, 2.24) is 0 Å². The minimum absolute atomic E-state index is 0.0738. The average molecular weight is 803 g/mol. The first kappa shape index (κ1) is 54.9. The number of esters is 3. The van der Waals surface area contributed by atoms with Crippen molar-refractivity contribution in [3.8, 4) is 0 Å². The number of hydrogen-bond acceptors (Lipinski definition) is 6. The fourth-order valence-electron chi connectivity index (χ4n) is 7.14. The van der Waals surface area contributed by atoms with E-state index < -0.39 is 6.10 Å². The molecule has 0 aromatic rings. The van der Waals surface area contributed by atoms with Crippen molar-refractivity contribution < 1.29 is 28.6 Å². The minimum atomic E-state index is -0.773. The van der Waals surface area contributed by atoms with E-state index in [1.807, 2.05) is 0 Å². The highest BCUT2D eigenvalue weighted by molar-refractivity contribution is 5.71. The second-order valence-corrected chi connectivity index (χ2v) is 16.7. The molecule has 0 amide bonds. The Balaban J connectivity index is 4.35. The van der Waals surface area contributed by atoms with Gasteiger partial charge in [0.15, 0.2) is 6.10 Å². The molecule has 0 spiro atoms. The summed E-state index contributed by atoms with van der Waals surface area (Å²) in [5.41, 5.74) is 0. The van der Waals surface area contributed by atoms with Crippen LogP contribution >= 0.6 is 0 Å². The fraction of sp³-hybridized carbons (Fsp3) is 0.863. The van der Waals surface area contributed by atoms with Gasteiger partial charge in [0, 0.05) is 19.3 Å². The smallest absolute Gasteiger partial charge is 0.306 e. The molecule has 334 valence electrons. The number of hydrogen-bond donors (Lipinski definition) is 0. The highest BCUT2D eigenvalue weighted by atomic mass is 16.6. The monoisotopic (exact) mass is 803 g/mol. The van der Waals surface area contributed by atoms with Crippen molar-refractivity contribution in [3.05, 3.63) is 24.3 Å². The summed E-state index contributed by atoms with van der Waals surface area (Å²) in [6.07, 6.45) is 51.5. The molecular weight excluding hydrogens is 709 g/mol. The molecule has 0 N–H and O–H groups in total. The maximum absolute atomic E-state index is 12.7. The Labute approximate surface area is 353 Å². The third kappa shape index (κ3) is 44.8. The molecule has 0 aliphatic rings. The summed E-state index contributed by atoms with van der Waals surface area (Å²) in [5.74, 6) is -0.883. The Morgan fingerprint density at radius 1 is 0.333 bits per heavy atom. The molecule has 1 atom stereocenters. The van der Waals surface area contributed by atoms with Gasteiger partial charge in [-0.1, -0.05) is 199 Å². The van der Waals surface area contributed by atoms with Crippen LogP contribution in [-0.2, 0) is 28.6 Å². The van der Waals surface area contributed by atoms with E-state index in [0.717, 1.165) is 70.6 Å². The van der Waals surface area contributed by atoms with Crippen molar-refractivity contribution >= 4 is 17.9 Å². The van der Waals surface area contributed by atoms with Crippen LogP contribution in [0.2, 0.25) is 0 Å². The molecule has 0 aromatic carbocycles. The van der Waals surface area contributed by atoms with Crippen molar-refractivity contribution in [2.45, 2.75) is 271 Å². The van der Waals surface area contributed by atoms with Crippen LogP contribution in [-0.4, -0.2) is 37.2 Å². The molecule has 0 radical (unpaired) electrons. The Morgan fingerprint density at radius 2 is 0.579 bits per heavy atom. The molecule has 0 saturated carbocycles. The molecule has 0 fully saturated rings. The lowest BCUT2D eigenvalue weighted by molar-refractivity contribution is -0.167. The van der Waals surface area contributed by atoms with Crippen LogP contribution in [0.25, 0.3) is 0 Å². The van der Waals surface area contributed by atoms with Gasteiger partial charge in [-0.3, -0.25) is 14.4 Å². The normalized spacial score (nSPS) is 12.1. The summed E-state index contributed by atoms with van der Waals surface area (Å²) >= 11 is 0. The van der Waals surface area contributed by atoms with Gasteiger partial charge in [-0.25, -0.2) is 0 Å². The minimum Gasteiger partial charge on any atom is -0.462 e. The Hall–Kier alpha value is -2.11. The van der Waals surface area contributed by atoms with Crippen LogP contribution in [0.5, 0.6) is 0 Å². The topological polar surface area (TPSA) is 78.9 Å². The van der Waals surface area contributed by atoms with Gasteiger partial charge in [0.05, 0.1) is 0 Å². The van der Waals surface area contributed by atoms with E-state index in [-0.39, 0.29) is 31.1 Å². The lowest BCUT2D eigenvalue weighted by atomic mass is 10.0. The number of rotatable bonds is 45. The molecule has 1 unspecified atom stereocenters. The number of unbranched alkanes of at least 4 members (excludes halogenated alkanes) is 30. The van der Waals surface area contributed by atoms with Gasteiger partial charge >= 0.3 is 17.9 Å².